The SMILES string of the molecule is Cc1cc(C(=O)O)nc(NC2Cc3ccccc3C2)n1. The summed E-state index contributed by atoms with van der Waals surface area (Å²) in [6.07, 6.45) is 1.83. The number of rotatable bonds is 3. The third-order valence-corrected chi connectivity index (χ3v) is 3.46. The molecule has 0 spiro atoms. The molecule has 1 aliphatic carbocycles. The van der Waals surface area contributed by atoms with Crippen molar-refractivity contribution in [1.82, 2.24) is 9.97 Å². The van der Waals surface area contributed by atoms with Gasteiger partial charge in [0.15, 0.2) is 5.69 Å². The summed E-state index contributed by atoms with van der Waals surface area (Å²) in [5.74, 6) is -0.645. The fraction of sp³-hybridized carbons (Fsp3) is 0.267. The molecule has 3 rings (SSSR count). The molecule has 20 heavy (non-hydrogen) atoms. The average molecular weight is 269 g/mol. The highest BCUT2D eigenvalue weighted by atomic mass is 16.4. The summed E-state index contributed by atoms with van der Waals surface area (Å²) in [6, 6.07) is 10.0. The Balaban J connectivity index is 1.78. The third kappa shape index (κ3) is 2.47. The molecule has 0 saturated carbocycles. The van der Waals surface area contributed by atoms with Gasteiger partial charge in [0.1, 0.15) is 0 Å². The van der Waals surface area contributed by atoms with E-state index in [0.29, 0.717) is 11.6 Å². The lowest BCUT2D eigenvalue weighted by Crippen LogP contribution is -2.22. The van der Waals surface area contributed by atoms with Gasteiger partial charge in [-0.25, -0.2) is 14.8 Å². The number of carbonyl (C=O) groups is 1. The molecule has 1 heterocycles. The molecule has 1 aromatic heterocycles. The minimum Gasteiger partial charge on any atom is -0.477 e. The minimum atomic E-state index is -1.03. The van der Waals surface area contributed by atoms with Crippen molar-refractivity contribution in [2.45, 2.75) is 25.8 Å². The second kappa shape index (κ2) is 4.92. The van der Waals surface area contributed by atoms with Crippen LogP contribution in [0, 0.1) is 6.92 Å². The summed E-state index contributed by atoms with van der Waals surface area (Å²) in [5, 5.41) is 12.3. The Morgan fingerprint density at radius 3 is 2.50 bits per heavy atom. The molecular formula is C15H15N3O2. The van der Waals surface area contributed by atoms with Crippen molar-refractivity contribution in [3.05, 3.63) is 52.8 Å². The van der Waals surface area contributed by atoms with Gasteiger partial charge in [0, 0.05) is 11.7 Å². The number of nitrogens with zero attached hydrogens (tertiary/aromatic N) is 2. The van der Waals surface area contributed by atoms with Crippen molar-refractivity contribution >= 4 is 11.9 Å². The molecule has 0 aliphatic heterocycles. The number of aromatic nitrogens is 2. The Kier molecular flexibility index (Phi) is 3.10. The fourth-order valence-electron chi connectivity index (χ4n) is 2.59. The smallest absolute Gasteiger partial charge is 0.354 e. The van der Waals surface area contributed by atoms with Gasteiger partial charge in [-0.3, -0.25) is 0 Å². The van der Waals surface area contributed by atoms with Crippen molar-refractivity contribution in [2.24, 2.45) is 0 Å². The summed E-state index contributed by atoms with van der Waals surface area (Å²) in [6.45, 7) is 1.77. The quantitative estimate of drug-likeness (QED) is 0.892. The molecule has 5 nitrogen and oxygen atoms in total. The second-order valence-corrected chi connectivity index (χ2v) is 5.04. The highest BCUT2D eigenvalue weighted by Crippen LogP contribution is 2.23. The zero-order valence-electron chi connectivity index (χ0n) is 11.1. The van der Waals surface area contributed by atoms with E-state index in [0.717, 1.165) is 12.8 Å². The molecule has 0 amide bonds. The van der Waals surface area contributed by atoms with Crippen LogP contribution in [-0.2, 0) is 12.8 Å². The lowest BCUT2D eigenvalue weighted by atomic mass is 10.1. The Hall–Kier alpha value is -2.43. The Labute approximate surface area is 116 Å². The summed E-state index contributed by atoms with van der Waals surface area (Å²) >= 11 is 0. The van der Waals surface area contributed by atoms with Crippen molar-refractivity contribution in [1.29, 1.82) is 0 Å². The van der Waals surface area contributed by atoms with E-state index in [9.17, 15) is 4.79 Å². The van der Waals surface area contributed by atoms with Gasteiger partial charge in [0.25, 0.3) is 0 Å². The maximum atomic E-state index is 11.0. The monoisotopic (exact) mass is 269 g/mol. The molecule has 0 radical (unpaired) electrons. The summed E-state index contributed by atoms with van der Waals surface area (Å²) in [5.41, 5.74) is 3.33. The van der Waals surface area contributed by atoms with Crippen LogP contribution in [0.1, 0.15) is 27.3 Å². The van der Waals surface area contributed by atoms with Crippen molar-refractivity contribution in [3.63, 3.8) is 0 Å². The predicted molar refractivity (Wildman–Crippen MR) is 75.0 cm³/mol. The van der Waals surface area contributed by atoms with E-state index >= 15 is 0 Å². The van der Waals surface area contributed by atoms with Gasteiger partial charge in [-0.2, -0.15) is 0 Å². The zero-order valence-corrected chi connectivity index (χ0v) is 11.1. The second-order valence-electron chi connectivity index (χ2n) is 5.04. The van der Waals surface area contributed by atoms with E-state index in [1.807, 2.05) is 12.1 Å². The number of hydrogen-bond donors (Lipinski definition) is 2. The maximum absolute atomic E-state index is 11.0. The van der Waals surface area contributed by atoms with Crippen molar-refractivity contribution in [3.8, 4) is 0 Å². The van der Waals surface area contributed by atoms with Crippen LogP contribution in [0.4, 0.5) is 5.95 Å². The molecule has 0 atom stereocenters. The highest BCUT2D eigenvalue weighted by molar-refractivity contribution is 5.85. The van der Waals surface area contributed by atoms with Crippen LogP contribution in [0.3, 0.4) is 0 Å². The number of aryl methyl sites for hydroxylation is 1. The molecule has 0 unspecified atom stereocenters. The third-order valence-electron chi connectivity index (χ3n) is 3.46. The van der Waals surface area contributed by atoms with E-state index in [-0.39, 0.29) is 11.7 Å². The zero-order chi connectivity index (χ0) is 14.1. The van der Waals surface area contributed by atoms with Crippen LogP contribution in [0.2, 0.25) is 0 Å². The van der Waals surface area contributed by atoms with E-state index in [1.54, 1.807) is 6.92 Å². The fourth-order valence-corrected chi connectivity index (χ4v) is 2.59. The van der Waals surface area contributed by atoms with E-state index in [1.165, 1.54) is 17.2 Å². The summed E-state index contributed by atoms with van der Waals surface area (Å²) in [7, 11) is 0. The summed E-state index contributed by atoms with van der Waals surface area (Å²) < 4.78 is 0. The first-order valence-corrected chi connectivity index (χ1v) is 6.54. The number of carboxylic acid groups (broad SMARTS) is 1. The normalized spacial score (nSPS) is 14.1. The van der Waals surface area contributed by atoms with Crippen LogP contribution in [-0.4, -0.2) is 27.1 Å². The van der Waals surface area contributed by atoms with Gasteiger partial charge in [0.2, 0.25) is 5.95 Å². The van der Waals surface area contributed by atoms with Gasteiger partial charge in [-0.05, 0) is 37.0 Å². The number of benzene rings is 1. The molecule has 102 valence electrons. The summed E-state index contributed by atoms with van der Waals surface area (Å²) in [4.78, 5) is 19.3. The van der Waals surface area contributed by atoms with Crippen molar-refractivity contribution < 1.29 is 9.90 Å². The number of fused-ring (bicyclic) bond motifs is 1. The first-order chi connectivity index (χ1) is 9.61. The Morgan fingerprint density at radius 1 is 1.25 bits per heavy atom. The first-order valence-electron chi connectivity index (χ1n) is 6.54. The molecule has 2 aromatic rings. The average Bonchev–Trinajstić information content (AvgIpc) is 2.79. The standard InChI is InChI=1S/C15H15N3O2/c1-9-6-13(14(19)20)18-15(16-9)17-12-7-10-4-2-3-5-11(10)8-12/h2-6,12H,7-8H2,1H3,(H,19,20)(H,16,17,18). The Bertz CT molecular complexity index is 645. The molecule has 5 heteroatoms. The van der Waals surface area contributed by atoms with E-state index in [4.69, 9.17) is 5.11 Å². The highest BCUT2D eigenvalue weighted by Gasteiger charge is 2.21. The van der Waals surface area contributed by atoms with E-state index in [2.05, 4.69) is 27.4 Å². The number of nitrogens with one attached hydrogen (secondary N) is 1. The predicted octanol–water partition coefficient (Wildman–Crippen LogP) is 2.06. The molecule has 1 aromatic carbocycles. The number of hydrogen-bond acceptors (Lipinski definition) is 4. The van der Waals surface area contributed by atoms with Gasteiger partial charge < -0.3 is 10.4 Å². The number of carboxylic acids is 1. The lowest BCUT2D eigenvalue weighted by Gasteiger charge is -2.12. The lowest BCUT2D eigenvalue weighted by molar-refractivity contribution is 0.0690. The van der Waals surface area contributed by atoms with Crippen LogP contribution in [0.5, 0.6) is 0 Å². The number of anilines is 1. The molecule has 0 saturated heterocycles. The van der Waals surface area contributed by atoms with Crippen LogP contribution in [0.15, 0.2) is 30.3 Å². The van der Waals surface area contributed by atoms with Gasteiger partial charge >= 0.3 is 5.97 Å². The molecule has 0 bridgehead atoms. The van der Waals surface area contributed by atoms with E-state index < -0.39 is 5.97 Å². The first kappa shape index (κ1) is 12.6. The number of aromatic carboxylic acids is 1. The topological polar surface area (TPSA) is 75.1 Å². The minimum absolute atomic E-state index is 0.0236. The largest absolute Gasteiger partial charge is 0.477 e. The van der Waals surface area contributed by atoms with Crippen LogP contribution < -0.4 is 5.32 Å². The molecule has 2 N–H and O–H groups in total. The molecular weight excluding hydrogens is 254 g/mol. The van der Waals surface area contributed by atoms with Crippen LogP contribution >= 0.6 is 0 Å². The molecule has 1 aliphatic rings. The van der Waals surface area contributed by atoms with Crippen molar-refractivity contribution in [2.75, 3.05) is 5.32 Å². The molecule has 0 fully saturated rings. The van der Waals surface area contributed by atoms with Crippen LogP contribution in [0.25, 0.3) is 0 Å². The maximum Gasteiger partial charge on any atom is 0.354 e. The van der Waals surface area contributed by atoms with Gasteiger partial charge in [-0.15, -0.1) is 0 Å². The Morgan fingerprint density at radius 2 is 1.90 bits per heavy atom. The van der Waals surface area contributed by atoms with Gasteiger partial charge in [-0.1, -0.05) is 24.3 Å². The van der Waals surface area contributed by atoms with Gasteiger partial charge in [0.05, 0.1) is 0 Å².